The van der Waals surface area contributed by atoms with Gasteiger partial charge in [-0.3, -0.25) is 9.59 Å². The van der Waals surface area contributed by atoms with Crippen molar-refractivity contribution in [2.24, 2.45) is 0 Å². The average molecular weight is 429 g/mol. The number of rotatable bonds is 9. The molecule has 0 saturated heterocycles. The van der Waals surface area contributed by atoms with E-state index in [9.17, 15) is 14.0 Å². The molecule has 0 radical (unpaired) electrons. The summed E-state index contributed by atoms with van der Waals surface area (Å²) in [6, 6.07) is 13.1. The van der Waals surface area contributed by atoms with Crippen molar-refractivity contribution in [1.29, 1.82) is 0 Å². The number of hydrogen-bond donors (Lipinski definition) is 1. The number of carbonyl (C=O) groups is 2. The van der Waals surface area contributed by atoms with E-state index in [2.05, 4.69) is 26.1 Å². The molecule has 0 heterocycles. The molecule has 168 valence electrons. The zero-order valence-corrected chi connectivity index (χ0v) is 19.1. The van der Waals surface area contributed by atoms with Crippen LogP contribution in [0.2, 0.25) is 0 Å². The fourth-order valence-corrected chi connectivity index (χ4v) is 3.07. The molecule has 0 spiro atoms. The molecule has 0 aliphatic heterocycles. The second kappa shape index (κ2) is 10.9. The molecule has 1 unspecified atom stereocenters. The minimum atomic E-state index is -0.759. The molecule has 2 amide bonds. The van der Waals surface area contributed by atoms with E-state index in [-0.39, 0.29) is 30.4 Å². The van der Waals surface area contributed by atoms with Gasteiger partial charge in [-0.15, -0.1) is 0 Å². The van der Waals surface area contributed by atoms with E-state index in [1.165, 1.54) is 11.0 Å². The van der Waals surface area contributed by atoms with Crippen LogP contribution < -0.4 is 10.1 Å². The van der Waals surface area contributed by atoms with Crippen LogP contribution in [0.25, 0.3) is 0 Å². The van der Waals surface area contributed by atoms with Crippen LogP contribution in [0.4, 0.5) is 4.39 Å². The molecular formula is C25H33FN2O3. The van der Waals surface area contributed by atoms with Gasteiger partial charge in [0.1, 0.15) is 17.6 Å². The number of hydrogen-bond acceptors (Lipinski definition) is 3. The van der Waals surface area contributed by atoms with E-state index in [1.807, 2.05) is 31.2 Å². The molecule has 6 heteroatoms. The number of nitrogens with one attached hydrogen (secondary N) is 1. The van der Waals surface area contributed by atoms with Gasteiger partial charge in [-0.05, 0) is 42.5 Å². The van der Waals surface area contributed by atoms with E-state index < -0.39 is 11.9 Å². The lowest BCUT2D eigenvalue weighted by atomic mass is 9.87. The second-order valence-corrected chi connectivity index (χ2v) is 8.64. The van der Waals surface area contributed by atoms with Crippen LogP contribution in [0, 0.1) is 5.82 Å². The number of nitrogens with zero attached hydrogens (tertiary/aromatic N) is 1. The van der Waals surface area contributed by atoms with Crippen molar-refractivity contribution in [3.8, 4) is 5.75 Å². The maximum absolute atomic E-state index is 14.2. The Labute approximate surface area is 184 Å². The van der Waals surface area contributed by atoms with E-state index in [0.29, 0.717) is 17.9 Å². The highest BCUT2D eigenvalue weighted by molar-refractivity contribution is 5.87. The zero-order chi connectivity index (χ0) is 23.0. The average Bonchev–Trinajstić information content (AvgIpc) is 2.74. The van der Waals surface area contributed by atoms with Crippen molar-refractivity contribution >= 4 is 11.8 Å². The number of carbonyl (C=O) groups excluding carboxylic acids is 2. The first-order valence-electron chi connectivity index (χ1n) is 10.7. The lowest BCUT2D eigenvalue weighted by Gasteiger charge is -2.29. The number of benzene rings is 2. The molecule has 31 heavy (non-hydrogen) atoms. The molecule has 1 atom stereocenters. The SMILES string of the molecule is CCCNC(=O)C(C)N(Cc1ccccc1F)C(=O)COc1ccc(C(C)(C)C)cc1. The highest BCUT2D eigenvalue weighted by atomic mass is 19.1. The highest BCUT2D eigenvalue weighted by Crippen LogP contribution is 2.24. The van der Waals surface area contributed by atoms with Crippen LogP contribution in [0.3, 0.4) is 0 Å². The Bertz CT molecular complexity index is 875. The summed E-state index contributed by atoms with van der Waals surface area (Å²) in [4.78, 5) is 26.8. The minimum Gasteiger partial charge on any atom is -0.484 e. The third-order valence-corrected chi connectivity index (χ3v) is 5.10. The van der Waals surface area contributed by atoms with Crippen molar-refractivity contribution in [2.75, 3.05) is 13.2 Å². The van der Waals surface area contributed by atoms with Crippen LogP contribution in [0.15, 0.2) is 48.5 Å². The van der Waals surface area contributed by atoms with Crippen LogP contribution in [0.1, 0.15) is 52.2 Å². The number of ether oxygens (including phenoxy) is 1. The van der Waals surface area contributed by atoms with E-state index in [4.69, 9.17) is 4.74 Å². The molecular weight excluding hydrogens is 395 g/mol. The molecule has 1 N–H and O–H groups in total. The van der Waals surface area contributed by atoms with Gasteiger partial charge in [-0.25, -0.2) is 4.39 Å². The van der Waals surface area contributed by atoms with Crippen molar-refractivity contribution < 1.29 is 18.7 Å². The van der Waals surface area contributed by atoms with Crippen molar-refractivity contribution in [1.82, 2.24) is 10.2 Å². The number of halogens is 1. The van der Waals surface area contributed by atoms with Gasteiger partial charge in [0.15, 0.2) is 6.61 Å². The molecule has 2 aromatic rings. The molecule has 2 aromatic carbocycles. The van der Waals surface area contributed by atoms with Crippen LogP contribution in [-0.2, 0) is 21.5 Å². The van der Waals surface area contributed by atoms with Gasteiger partial charge in [-0.1, -0.05) is 58.0 Å². The Hall–Kier alpha value is -2.89. The van der Waals surface area contributed by atoms with E-state index in [0.717, 1.165) is 12.0 Å². The normalized spacial score (nSPS) is 12.2. The summed E-state index contributed by atoms with van der Waals surface area (Å²) < 4.78 is 19.9. The standard InChI is InChI=1S/C25H33FN2O3/c1-6-15-27-24(30)18(2)28(16-19-9-7-8-10-22(19)26)23(29)17-31-21-13-11-20(12-14-21)25(3,4)5/h7-14,18H,6,15-17H2,1-5H3,(H,27,30). The fourth-order valence-electron chi connectivity index (χ4n) is 3.07. The van der Waals surface area contributed by atoms with Crippen molar-refractivity contribution in [3.63, 3.8) is 0 Å². The highest BCUT2D eigenvalue weighted by Gasteiger charge is 2.27. The fraction of sp³-hybridized carbons (Fsp3) is 0.440. The maximum Gasteiger partial charge on any atom is 0.261 e. The minimum absolute atomic E-state index is 0.0153. The van der Waals surface area contributed by atoms with Gasteiger partial charge < -0.3 is 15.0 Å². The smallest absolute Gasteiger partial charge is 0.261 e. The van der Waals surface area contributed by atoms with Crippen LogP contribution in [-0.4, -0.2) is 35.9 Å². The van der Waals surface area contributed by atoms with Crippen molar-refractivity contribution in [2.45, 2.75) is 59.0 Å². The maximum atomic E-state index is 14.2. The van der Waals surface area contributed by atoms with Crippen LogP contribution in [0.5, 0.6) is 5.75 Å². The molecule has 0 fully saturated rings. The summed E-state index contributed by atoms with van der Waals surface area (Å²) >= 11 is 0. The Balaban J connectivity index is 2.13. The lowest BCUT2D eigenvalue weighted by Crippen LogP contribution is -2.49. The third-order valence-electron chi connectivity index (χ3n) is 5.10. The first-order valence-corrected chi connectivity index (χ1v) is 10.7. The Kier molecular flexibility index (Phi) is 8.60. The topological polar surface area (TPSA) is 58.6 Å². The van der Waals surface area contributed by atoms with Gasteiger partial charge in [-0.2, -0.15) is 0 Å². The summed E-state index contributed by atoms with van der Waals surface area (Å²) in [5.41, 5.74) is 1.53. The van der Waals surface area contributed by atoms with Gasteiger partial charge >= 0.3 is 0 Å². The largest absolute Gasteiger partial charge is 0.484 e. The quantitative estimate of drug-likeness (QED) is 0.642. The summed E-state index contributed by atoms with van der Waals surface area (Å²) in [7, 11) is 0. The first kappa shape index (κ1) is 24.4. The van der Waals surface area contributed by atoms with Gasteiger partial charge in [0, 0.05) is 18.7 Å². The van der Waals surface area contributed by atoms with Gasteiger partial charge in [0.2, 0.25) is 5.91 Å². The Morgan fingerprint density at radius 1 is 1.10 bits per heavy atom. The summed E-state index contributed by atoms with van der Waals surface area (Å²) in [6.07, 6.45) is 0.785. The number of amides is 2. The molecule has 0 saturated carbocycles. The van der Waals surface area contributed by atoms with E-state index in [1.54, 1.807) is 25.1 Å². The van der Waals surface area contributed by atoms with E-state index >= 15 is 0 Å². The lowest BCUT2D eigenvalue weighted by molar-refractivity contribution is -0.142. The summed E-state index contributed by atoms with van der Waals surface area (Å²) in [6.45, 7) is 10.2. The molecule has 0 aromatic heterocycles. The molecule has 0 aliphatic rings. The molecule has 5 nitrogen and oxygen atoms in total. The molecule has 0 aliphatic carbocycles. The van der Waals surface area contributed by atoms with Crippen LogP contribution >= 0.6 is 0 Å². The second-order valence-electron chi connectivity index (χ2n) is 8.64. The summed E-state index contributed by atoms with van der Waals surface area (Å²) in [5, 5.41) is 2.79. The van der Waals surface area contributed by atoms with Crippen molar-refractivity contribution in [3.05, 3.63) is 65.5 Å². The molecule has 2 rings (SSSR count). The monoisotopic (exact) mass is 428 g/mol. The first-order chi connectivity index (χ1) is 14.6. The Morgan fingerprint density at radius 3 is 2.32 bits per heavy atom. The van der Waals surface area contributed by atoms with Gasteiger partial charge in [0.25, 0.3) is 5.91 Å². The third kappa shape index (κ3) is 7.09. The predicted molar refractivity (Wildman–Crippen MR) is 120 cm³/mol. The summed E-state index contributed by atoms with van der Waals surface area (Å²) in [5.74, 6) is -0.515. The Morgan fingerprint density at radius 2 is 1.74 bits per heavy atom. The molecule has 0 bridgehead atoms. The zero-order valence-electron chi connectivity index (χ0n) is 19.1. The predicted octanol–water partition coefficient (Wildman–Crippen LogP) is 4.45. The van der Waals surface area contributed by atoms with Gasteiger partial charge in [0.05, 0.1) is 0 Å².